The number of amides is 1. The summed E-state index contributed by atoms with van der Waals surface area (Å²) in [6.45, 7) is 3.99. The van der Waals surface area contributed by atoms with Crippen molar-refractivity contribution in [3.63, 3.8) is 0 Å². The molecule has 33 heavy (non-hydrogen) atoms. The van der Waals surface area contributed by atoms with E-state index in [0.29, 0.717) is 17.8 Å². The van der Waals surface area contributed by atoms with Crippen LogP contribution in [0, 0.1) is 6.92 Å². The quantitative estimate of drug-likeness (QED) is 0.462. The van der Waals surface area contributed by atoms with Crippen molar-refractivity contribution in [2.45, 2.75) is 45.2 Å². The number of hydrogen-bond donors (Lipinski definition) is 0. The van der Waals surface area contributed by atoms with Crippen LogP contribution in [0.15, 0.2) is 43.6 Å². The van der Waals surface area contributed by atoms with Gasteiger partial charge in [0, 0.05) is 40.6 Å². The maximum atomic E-state index is 13.7. The Morgan fingerprint density at radius 2 is 1.94 bits per heavy atom. The van der Waals surface area contributed by atoms with Gasteiger partial charge in [-0.1, -0.05) is 15.9 Å². The van der Waals surface area contributed by atoms with Crippen LogP contribution >= 0.6 is 15.9 Å². The van der Waals surface area contributed by atoms with Crippen LogP contribution in [0.1, 0.15) is 47.6 Å². The Bertz CT molecular complexity index is 1290. The number of aryl methyl sites for hydroxylation is 1. The SMILES string of the molecule is Cc1c(C(=O)N(Cc2ccc(N3CCCCC3)o2)C2CCS(=O)(=O)C2)oc2cc(Br)ccc12. The van der Waals surface area contributed by atoms with Crippen molar-refractivity contribution in [1.29, 1.82) is 0 Å². The molecule has 2 aliphatic heterocycles. The molecule has 5 rings (SSSR count). The van der Waals surface area contributed by atoms with Crippen LogP contribution in [-0.4, -0.2) is 49.9 Å². The van der Waals surface area contributed by atoms with Crippen LogP contribution in [-0.2, 0) is 16.4 Å². The Morgan fingerprint density at radius 3 is 2.67 bits per heavy atom. The lowest BCUT2D eigenvalue weighted by molar-refractivity contribution is 0.0635. The minimum atomic E-state index is -3.17. The van der Waals surface area contributed by atoms with Gasteiger partial charge in [-0.2, -0.15) is 0 Å². The number of carbonyl (C=O) groups is 1. The Morgan fingerprint density at radius 1 is 1.15 bits per heavy atom. The highest BCUT2D eigenvalue weighted by Crippen LogP contribution is 2.31. The van der Waals surface area contributed by atoms with Gasteiger partial charge in [-0.15, -0.1) is 0 Å². The number of rotatable bonds is 5. The number of halogens is 1. The molecule has 4 heterocycles. The van der Waals surface area contributed by atoms with E-state index in [0.717, 1.165) is 47.2 Å². The predicted octanol–water partition coefficient (Wildman–Crippen LogP) is 4.92. The van der Waals surface area contributed by atoms with E-state index in [-0.39, 0.29) is 29.7 Å². The van der Waals surface area contributed by atoms with E-state index < -0.39 is 15.9 Å². The van der Waals surface area contributed by atoms with Crippen molar-refractivity contribution < 1.29 is 22.0 Å². The molecule has 1 unspecified atom stereocenters. The van der Waals surface area contributed by atoms with Crippen LogP contribution in [0.4, 0.5) is 5.88 Å². The van der Waals surface area contributed by atoms with E-state index >= 15 is 0 Å². The molecule has 1 atom stereocenters. The van der Waals surface area contributed by atoms with E-state index in [1.54, 1.807) is 4.90 Å². The van der Waals surface area contributed by atoms with E-state index in [4.69, 9.17) is 8.83 Å². The van der Waals surface area contributed by atoms with Crippen molar-refractivity contribution in [3.8, 4) is 0 Å². The zero-order valence-corrected chi connectivity index (χ0v) is 21.0. The number of furan rings is 2. The second-order valence-corrected chi connectivity index (χ2v) is 12.1. The number of piperidine rings is 1. The number of hydrogen-bond acceptors (Lipinski definition) is 6. The van der Waals surface area contributed by atoms with Crippen molar-refractivity contribution in [2.24, 2.45) is 0 Å². The summed E-state index contributed by atoms with van der Waals surface area (Å²) in [5.74, 6) is 1.44. The third kappa shape index (κ3) is 4.57. The first-order chi connectivity index (χ1) is 15.8. The van der Waals surface area contributed by atoms with E-state index in [2.05, 4.69) is 20.8 Å². The molecule has 9 heteroatoms. The molecular weight excluding hydrogens is 508 g/mol. The smallest absolute Gasteiger partial charge is 0.290 e. The second kappa shape index (κ2) is 8.83. The lowest BCUT2D eigenvalue weighted by Gasteiger charge is -2.27. The van der Waals surface area contributed by atoms with Gasteiger partial charge in [-0.25, -0.2) is 8.42 Å². The highest BCUT2D eigenvalue weighted by Gasteiger charge is 2.37. The van der Waals surface area contributed by atoms with Crippen molar-refractivity contribution >= 4 is 48.5 Å². The summed E-state index contributed by atoms with van der Waals surface area (Å²) < 4.78 is 37.4. The third-order valence-electron chi connectivity index (χ3n) is 6.65. The molecule has 0 radical (unpaired) electrons. The monoisotopic (exact) mass is 534 g/mol. The summed E-state index contributed by atoms with van der Waals surface area (Å²) >= 11 is 3.44. The summed E-state index contributed by atoms with van der Waals surface area (Å²) in [5, 5.41) is 0.867. The summed E-state index contributed by atoms with van der Waals surface area (Å²) in [5.41, 5.74) is 1.37. The molecular formula is C24H27BrN2O5S. The standard InChI is InChI=1S/C24H27BrN2O5S/c1-16-20-7-5-17(25)13-21(20)32-23(16)24(28)27(18-9-12-33(29,30)15-18)14-19-6-8-22(31-19)26-10-3-2-4-11-26/h5-8,13,18H,2-4,9-12,14-15H2,1H3. The fraction of sp³-hybridized carbons (Fsp3) is 0.458. The average Bonchev–Trinajstić information content (AvgIpc) is 3.49. The Labute approximate surface area is 201 Å². The number of carbonyl (C=O) groups excluding carboxylic acids is 1. The minimum absolute atomic E-state index is 0.0384. The Balaban J connectivity index is 1.46. The first kappa shape index (κ1) is 22.5. The first-order valence-electron chi connectivity index (χ1n) is 11.3. The largest absolute Gasteiger partial charge is 0.451 e. The molecule has 176 valence electrons. The Kier molecular flexibility index (Phi) is 6.03. The molecule has 0 spiro atoms. The molecule has 0 saturated carbocycles. The van der Waals surface area contributed by atoms with Crippen molar-refractivity contribution in [1.82, 2.24) is 4.90 Å². The van der Waals surface area contributed by atoms with Gasteiger partial charge in [-0.3, -0.25) is 4.79 Å². The molecule has 2 fully saturated rings. The van der Waals surface area contributed by atoms with Gasteiger partial charge in [-0.05, 0) is 56.9 Å². The van der Waals surface area contributed by atoms with Crippen LogP contribution in [0.5, 0.6) is 0 Å². The van der Waals surface area contributed by atoms with Crippen LogP contribution in [0.3, 0.4) is 0 Å². The van der Waals surface area contributed by atoms with Gasteiger partial charge in [0.15, 0.2) is 21.5 Å². The van der Waals surface area contributed by atoms with Gasteiger partial charge >= 0.3 is 0 Å². The normalized spacial score (nSPS) is 20.4. The predicted molar refractivity (Wildman–Crippen MR) is 130 cm³/mol. The third-order valence-corrected chi connectivity index (χ3v) is 8.89. The summed E-state index contributed by atoms with van der Waals surface area (Å²) in [6.07, 6.45) is 3.93. The molecule has 0 bridgehead atoms. The lowest BCUT2D eigenvalue weighted by Crippen LogP contribution is -2.40. The highest BCUT2D eigenvalue weighted by molar-refractivity contribution is 9.10. The molecule has 7 nitrogen and oxygen atoms in total. The zero-order chi connectivity index (χ0) is 23.2. The first-order valence-corrected chi connectivity index (χ1v) is 14.0. The number of sulfone groups is 1. The van der Waals surface area contributed by atoms with Gasteiger partial charge in [0.25, 0.3) is 5.91 Å². The topological polar surface area (TPSA) is 84.0 Å². The number of anilines is 1. The molecule has 2 aromatic heterocycles. The fourth-order valence-electron chi connectivity index (χ4n) is 4.83. The Hall–Kier alpha value is -2.26. The van der Waals surface area contributed by atoms with E-state index in [9.17, 15) is 13.2 Å². The molecule has 2 saturated heterocycles. The minimum Gasteiger partial charge on any atom is -0.451 e. The van der Waals surface area contributed by atoms with E-state index in [1.807, 2.05) is 37.3 Å². The average molecular weight is 535 g/mol. The number of benzene rings is 1. The molecule has 2 aliphatic rings. The summed E-state index contributed by atoms with van der Waals surface area (Å²) in [4.78, 5) is 17.5. The molecule has 1 aromatic carbocycles. The zero-order valence-electron chi connectivity index (χ0n) is 18.5. The molecule has 0 N–H and O–H groups in total. The van der Waals surface area contributed by atoms with Gasteiger partial charge in [0.05, 0.1) is 18.1 Å². The number of fused-ring (bicyclic) bond motifs is 1. The number of nitrogens with zero attached hydrogens (tertiary/aromatic N) is 2. The summed E-state index contributed by atoms with van der Waals surface area (Å²) in [6, 6.07) is 9.07. The maximum Gasteiger partial charge on any atom is 0.290 e. The van der Waals surface area contributed by atoms with Gasteiger partial charge in [0.1, 0.15) is 11.3 Å². The summed E-state index contributed by atoms with van der Waals surface area (Å²) in [7, 11) is -3.17. The molecule has 3 aromatic rings. The van der Waals surface area contributed by atoms with Crippen LogP contribution < -0.4 is 4.90 Å². The molecule has 0 aliphatic carbocycles. The maximum absolute atomic E-state index is 13.7. The lowest BCUT2D eigenvalue weighted by atomic mass is 10.1. The highest BCUT2D eigenvalue weighted by atomic mass is 79.9. The van der Waals surface area contributed by atoms with E-state index in [1.165, 1.54) is 6.42 Å². The fourth-order valence-corrected chi connectivity index (χ4v) is 6.90. The second-order valence-electron chi connectivity index (χ2n) is 8.97. The van der Waals surface area contributed by atoms with Crippen molar-refractivity contribution in [3.05, 3.63) is 51.9 Å². The van der Waals surface area contributed by atoms with Gasteiger partial charge in [0.2, 0.25) is 0 Å². The van der Waals surface area contributed by atoms with Crippen molar-refractivity contribution in [2.75, 3.05) is 29.5 Å². The molecule has 1 amide bonds. The van der Waals surface area contributed by atoms with Crippen LogP contribution in [0.25, 0.3) is 11.0 Å². The van der Waals surface area contributed by atoms with Gasteiger partial charge < -0.3 is 18.6 Å². The van der Waals surface area contributed by atoms with Crippen LogP contribution in [0.2, 0.25) is 0 Å².